The van der Waals surface area contributed by atoms with Crippen LogP contribution in [0.15, 0.2) is 28.4 Å². The molecule has 12 heteroatoms. The fourth-order valence-electron chi connectivity index (χ4n) is 1.86. The summed E-state index contributed by atoms with van der Waals surface area (Å²) in [5, 5.41) is 25.6. The molecular formula is C12H11F3N4O5. The molecule has 0 bridgehead atoms. The highest BCUT2D eigenvalue weighted by atomic mass is 19.4. The van der Waals surface area contributed by atoms with Gasteiger partial charge >= 0.3 is 23.5 Å². The van der Waals surface area contributed by atoms with E-state index >= 15 is 0 Å². The van der Waals surface area contributed by atoms with Crippen LogP contribution in [0.2, 0.25) is 0 Å². The van der Waals surface area contributed by atoms with E-state index < -0.39 is 40.0 Å². The average molecular weight is 348 g/mol. The molecule has 1 atom stereocenters. The lowest BCUT2D eigenvalue weighted by Crippen LogP contribution is -2.31. The molecule has 0 saturated heterocycles. The molecule has 3 N–H and O–H groups in total. The monoisotopic (exact) mass is 348 g/mol. The second kappa shape index (κ2) is 6.03. The highest BCUT2D eigenvalue weighted by molar-refractivity contribution is 5.73. The second-order valence-corrected chi connectivity index (χ2v) is 4.89. The van der Waals surface area contributed by atoms with Crippen LogP contribution in [0.3, 0.4) is 0 Å². The minimum Gasteiger partial charge on any atom is -0.487 e. The Balaban J connectivity index is 2.19. The largest absolute Gasteiger partial charge is 0.487 e. The number of carboxylic acid groups (broad SMARTS) is 1. The number of carboxylic acids is 1. The van der Waals surface area contributed by atoms with E-state index in [1.807, 2.05) is 0 Å². The number of alkyl halides is 3. The second-order valence-electron chi connectivity index (χ2n) is 4.89. The first-order valence-electron chi connectivity index (χ1n) is 6.49. The molecule has 1 aliphatic heterocycles. The van der Waals surface area contributed by atoms with E-state index in [1.165, 1.54) is 0 Å². The highest BCUT2D eigenvalue weighted by Gasteiger charge is 2.65. The first kappa shape index (κ1) is 17.6. The topological polar surface area (TPSA) is 140 Å². The van der Waals surface area contributed by atoms with Gasteiger partial charge in [-0.2, -0.15) is 13.2 Å². The van der Waals surface area contributed by atoms with Gasteiger partial charge in [-0.25, -0.2) is 0 Å². The molecule has 0 saturated carbocycles. The maximum Gasteiger partial charge on any atom is 0.442 e. The van der Waals surface area contributed by atoms with Crippen LogP contribution in [0, 0.1) is 10.1 Å². The number of nitro benzene ring substituents is 1. The zero-order chi connectivity index (χ0) is 18.1. The van der Waals surface area contributed by atoms with Gasteiger partial charge in [0, 0.05) is 18.1 Å². The minimum absolute atomic E-state index is 0.134. The van der Waals surface area contributed by atoms with Crippen molar-refractivity contribution in [2.75, 3.05) is 6.61 Å². The maximum absolute atomic E-state index is 12.9. The van der Waals surface area contributed by atoms with Crippen molar-refractivity contribution >= 4 is 11.7 Å². The van der Waals surface area contributed by atoms with E-state index in [0.29, 0.717) is 6.07 Å². The van der Waals surface area contributed by atoms with E-state index in [1.54, 1.807) is 0 Å². The summed E-state index contributed by atoms with van der Waals surface area (Å²) in [5.74, 6) is -1.58. The number of ether oxygens (including phenoxy) is 1. The standard InChI is InChI=1S/C12H11F3N4O5/c13-12(14,15)11(17-18-11)6-1-2-9(8(5-6)19(22)23)24-4-3-7(16)10(20)21/h1-2,5,7H,3-4,16H2,(H,20,21)/t7-/m0/s1. The van der Waals surface area contributed by atoms with Crippen LogP contribution in [0.5, 0.6) is 5.75 Å². The molecule has 0 radical (unpaired) electrons. The number of aliphatic carboxylic acids is 1. The van der Waals surface area contributed by atoms with Crippen molar-refractivity contribution in [3.05, 3.63) is 33.9 Å². The zero-order valence-corrected chi connectivity index (χ0v) is 11.9. The normalized spacial score (nSPS) is 16.5. The van der Waals surface area contributed by atoms with Gasteiger partial charge in [-0.05, 0) is 12.1 Å². The smallest absolute Gasteiger partial charge is 0.442 e. The molecule has 130 valence electrons. The van der Waals surface area contributed by atoms with E-state index in [0.717, 1.165) is 12.1 Å². The number of halogens is 3. The summed E-state index contributed by atoms with van der Waals surface area (Å²) in [4.78, 5) is 20.7. The Bertz CT molecular complexity index is 700. The Hall–Kier alpha value is -2.76. The van der Waals surface area contributed by atoms with Crippen LogP contribution < -0.4 is 10.5 Å². The quantitative estimate of drug-likeness (QED) is 0.570. The number of hydrogen-bond donors (Lipinski definition) is 2. The summed E-state index contributed by atoms with van der Waals surface area (Å²) in [6.07, 6.45) is -4.94. The van der Waals surface area contributed by atoms with Crippen molar-refractivity contribution in [2.45, 2.75) is 24.3 Å². The molecule has 1 aromatic carbocycles. The van der Waals surface area contributed by atoms with E-state index in [-0.39, 0.29) is 18.8 Å². The summed E-state index contributed by atoms with van der Waals surface area (Å²) < 4.78 is 43.8. The molecule has 24 heavy (non-hydrogen) atoms. The van der Waals surface area contributed by atoms with Crippen LogP contribution in [0.25, 0.3) is 0 Å². The molecule has 0 amide bonds. The van der Waals surface area contributed by atoms with Crippen molar-refractivity contribution in [1.29, 1.82) is 0 Å². The van der Waals surface area contributed by atoms with E-state index in [2.05, 4.69) is 10.2 Å². The first-order valence-corrected chi connectivity index (χ1v) is 6.49. The summed E-state index contributed by atoms with van der Waals surface area (Å²) in [7, 11) is 0. The van der Waals surface area contributed by atoms with E-state index in [4.69, 9.17) is 15.6 Å². The van der Waals surface area contributed by atoms with Gasteiger partial charge in [-0.3, -0.25) is 14.9 Å². The number of carbonyl (C=O) groups is 1. The highest BCUT2D eigenvalue weighted by Crippen LogP contribution is 2.53. The van der Waals surface area contributed by atoms with Crippen LogP contribution in [0.1, 0.15) is 12.0 Å². The minimum atomic E-state index is -4.81. The number of hydrogen-bond acceptors (Lipinski definition) is 7. The average Bonchev–Trinajstić information content (AvgIpc) is 3.28. The Morgan fingerprint density at radius 3 is 2.54 bits per heavy atom. The molecular weight excluding hydrogens is 337 g/mol. The molecule has 0 spiro atoms. The van der Waals surface area contributed by atoms with Crippen molar-refractivity contribution in [3.63, 3.8) is 0 Å². The molecule has 1 aliphatic rings. The third-order valence-electron chi connectivity index (χ3n) is 3.26. The summed E-state index contributed by atoms with van der Waals surface area (Å²) in [6.45, 7) is -0.257. The van der Waals surface area contributed by atoms with Crippen LogP contribution >= 0.6 is 0 Å². The van der Waals surface area contributed by atoms with Crippen molar-refractivity contribution in [3.8, 4) is 5.75 Å². The van der Waals surface area contributed by atoms with Crippen molar-refractivity contribution in [1.82, 2.24) is 0 Å². The maximum atomic E-state index is 12.9. The Morgan fingerprint density at radius 1 is 1.46 bits per heavy atom. The number of rotatable bonds is 7. The third-order valence-corrected chi connectivity index (χ3v) is 3.26. The van der Waals surface area contributed by atoms with Crippen molar-refractivity contribution < 1.29 is 32.7 Å². The fraction of sp³-hybridized carbons (Fsp3) is 0.417. The lowest BCUT2D eigenvalue weighted by Gasteiger charge is -2.15. The van der Waals surface area contributed by atoms with E-state index in [9.17, 15) is 28.1 Å². The predicted octanol–water partition coefficient (Wildman–Crippen LogP) is 1.96. The van der Waals surface area contributed by atoms with Gasteiger partial charge in [0.15, 0.2) is 5.75 Å². The molecule has 9 nitrogen and oxygen atoms in total. The molecule has 0 unspecified atom stereocenters. The Labute approximate surface area is 132 Å². The van der Waals surface area contributed by atoms with Crippen LogP contribution in [-0.2, 0) is 10.5 Å². The SMILES string of the molecule is N[C@@H](CCOc1ccc(C2(C(F)(F)F)N=N2)cc1[N+](=O)[O-])C(=O)O. The van der Waals surface area contributed by atoms with Gasteiger partial charge in [-0.1, -0.05) is 0 Å². The predicted molar refractivity (Wildman–Crippen MR) is 71.4 cm³/mol. The third kappa shape index (κ3) is 3.27. The number of nitro groups is 1. The molecule has 1 heterocycles. The molecule has 0 aliphatic carbocycles. The molecule has 2 rings (SSSR count). The van der Waals surface area contributed by atoms with Gasteiger partial charge < -0.3 is 15.6 Å². The summed E-state index contributed by atoms with van der Waals surface area (Å²) in [6, 6.07) is 1.41. The number of nitrogens with two attached hydrogens (primary N) is 1. The van der Waals surface area contributed by atoms with Gasteiger partial charge in [0.05, 0.1) is 11.5 Å². The van der Waals surface area contributed by atoms with Crippen LogP contribution in [-0.4, -0.2) is 34.8 Å². The molecule has 0 fully saturated rings. The zero-order valence-electron chi connectivity index (χ0n) is 11.9. The number of nitrogens with zero attached hydrogens (tertiary/aromatic N) is 3. The Kier molecular flexibility index (Phi) is 4.42. The van der Waals surface area contributed by atoms with Gasteiger partial charge in [0.25, 0.3) is 0 Å². The Morgan fingerprint density at radius 2 is 2.08 bits per heavy atom. The van der Waals surface area contributed by atoms with Crippen LogP contribution in [0.4, 0.5) is 18.9 Å². The molecule has 1 aromatic rings. The van der Waals surface area contributed by atoms with Gasteiger partial charge in [-0.15, -0.1) is 10.2 Å². The fourth-order valence-corrected chi connectivity index (χ4v) is 1.86. The van der Waals surface area contributed by atoms with Crippen molar-refractivity contribution in [2.24, 2.45) is 16.0 Å². The lowest BCUT2D eigenvalue weighted by molar-refractivity contribution is -0.386. The van der Waals surface area contributed by atoms with Gasteiger partial charge in [0.2, 0.25) is 0 Å². The summed E-state index contributed by atoms with van der Waals surface area (Å²) in [5.41, 5.74) is 1.26. The first-order chi connectivity index (χ1) is 11.1. The lowest BCUT2D eigenvalue weighted by atomic mass is 10.0. The van der Waals surface area contributed by atoms with Gasteiger partial charge in [0.1, 0.15) is 6.04 Å². The number of benzene rings is 1. The summed E-state index contributed by atoms with van der Waals surface area (Å²) >= 11 is 0. The molecule has 0 aromatic heterocycles.